The highest BCUT2D eigenvalue weighted by molar-refractivity contribution is 5.42. The maximum atomic E-state index is 12.2. The normalized spacial score (nSPS) is 13.9. The number of fused-ring (bicyclic) bond motifs is 1. The van der Waals surface area contributed by atoms with Crippen LogP contribution >= 0.6 is 0 Å². The van der Waals surface area contributed by atoms with Crippen LogP contribution in [0, 0.1) is 6.92 Å². The van der Waals surface area contributed by atoms with E-state index >= 15 is 0 Å². The quantitative estimate of drug-likeness (QED) is 0.926. The van der Waals surface area contributed by atoms with Crippen LogP contribution in [-0.4, -0.2) is 21.6 Å². The van der Waals surface area contributed by atoms with E-state index in [-0.39, 0.29) is 0 Å². The Bertz CT molecular complexity index is 560. The van der Waals surface area contributed by atoms with Gasteiger partial charge < -0.3 is 9.72 Å². The van der Waals surface area contributed by atoms with Gasteiger partial charge in [0, 0.05) is 18.8 Å². The van der Waals surface area contributed by atoms with Gasteiger partial charge in [0.2, 0.25) is 0 Å². The number of imidazole rings is 1. The van der Waals surface area contributed by atoms with Gasteiger partial charge in [0.25, 0.3) is 0 Å². The smallest absolute Gasteiger partial charge is 0.308 e. The minimum atomic E-state index is -4.14. The molecule has 3 nitrogen and oxygen atoms in total. The molecule has 0 saturated heterocycles. The van der Waals surface area contributed by atoms with Crippen LogP contribution in [0.15, 0.2) is 24.4 Å². The Labute approximate surface area is 109 Å². The largest absolute Gasteiger partial charge is 0.390 e. The Balaban J connectivity index is 2.08. The van der Waals surface area contributed by atoms with E-state index in [1.165, 1.54) is 6.92 Å². The van der Waals surface area contributed by atoms with Crippen LogP contribution in [0.3, 0.4) is 0 Å². The minimum absolute atomic E-state index is 0.369. The molecule has 104 valence electrons. The van der Waals surface area contributed by atoms with Gasteiger partial charge in [0.05, 0.1) is 17.8 Å². The van der Waals surface area contributed by atoms with E-state index < -0.39 is 18.6 Å². The predicted octanol–water partition coefficient (Wildman–Crippen LogP) is 3.07. The number of alkyl halides is 3. The summed E-state index contributed by atoms with van der Waals surface area (Å²) in [5, 5.41) is 2.89. The fourth-order valence-electron chi connectivity index (χ4n) is 2.07. The van der Waals surface area contributed by atoms with Crippen molar-refractivity contribution in [3.05, 3.63) is 35.8 Å². The summed E-state index contributed by atoms with van der Waals surface area (Å²) in [6.07, 6.45) is -3.11. The Morgan fingerprint density at radius 3 is 2.79 bits per heavy atom. The summed E-state index contributed by atoms with van der Waals surface area (Å²) in [6.45, 7) is 3.76. The van der Waals surface area contributed by atoms with E-state index in [1.807, 2.05) is 35.7 Å². The molecule has 0 spiro atoms. The summed E-state index contributed by atoms with van der Waals surface area (Å²) in [7, 11) is 0. The molecule has 0 fully saturated rings. The average molecular weight is 271 g/mol. The molecule has 0 radical (unpaired) electrons. The second-order valence-electron chi connectivity index (χ2n) is 4.67. The third-order valence-electron chi connectivity index (χ3n) is 2.98. The Kier molecular flexibility index (Phi) is 3.80. The first-order valence-corrected chi connectivity index (χ1v) is 6.09. The molecular formula is C13H16F3N3. The molecule has 0 saturated carbocycles. The minimum Gasteiger partial charge on any atom is -0.308 e. The van der Waals surface area contributed by atoms with Crippen molar-refractivity contribution in [2.24, 2.45) is 0 Å². The van der Waals surface area contributed by atoms with Crippen molar-refractivity contribution in [1.82, 2.24) is 14.7 Å². The van der Waals surface area contributed by atoms with E-state index in [0.29, 0.717) is 6.54 Å². The lowest BCUT2D eigenvalue weighted by atomic mass is 10.2. The summed E-state index contributed by atoms with van der Waals surface area (Å²) >= 11 is 0. The van der Waals surface area contributed by atoms with E-state index in [2.05, 4.69) is 10.3 Å². The molecule has 0 aromatic carbocycles. The molecule has 2 heterocycles. The van der Waals surface area contributed by atoms with Crippen LogP contribution in [0.4, 0.5) is 13.2 Å². The lowest BCUT2D eigenvalue weighted by molar-refractivity contribution is -0.139. The Hall–Kier alpha value is -1.56. The highest BCUT2D eigenvalue weighted by Gasteiger charge is 2.29. The van der Waals surface area contributed by atoms with Gasteiger partial charge in [0.15, 0.2) is 0 Å². The molecule has 0 amide bonds. The molecule has 2 aromatic heterocycles. The maximum Gasteiger partial charge on any atom is 0.390 e. The van der Waals surface area contributed by atoms with Crippen molar-refractivity contribution in [2.75, 3.05) is 0 Å². The highest BCUT2D eigenvalue weighted by Crippen LogP contribution is 2.21. The van der Waals surface area contributed by atoms with Gasteiger partial charge >= 0.3 is 6.18 Å². The van der Waals surface area contributed by atoms with Crippen LogP contribution in [-0.2, 0) is 6.54 Å². The van der Waals surface area contributed by atoms with Gasteiger partial charge in [0.1, 0.15) is 5.65 Å². The SMILES string of the molecule is Cc1nc2ccccn2c1CNC(C)CC(F)(F)F. The summed E-state index contributed by atoms with van der Waals surface area (Å²) in [5.41, 5.74) is 2.53. The Morgan fingerprint density at radius 1 is 1.37 bits per heavy atom. The van der Waals surface area contributed by atoms with Crippen molar-refractivity contribution in [2.45, 2.75) is 39.0 Å². The highest BCUT2D eigenvalue weighted by atomic mass is 19.4. The van der Waals surface area contributed by atoms with Crippen molar-refractivity contribution in [3.8, 4) is 0 Å². The van der Waals surface area contributed by atoms with Crippen molar-refractivity contribution >= 4 is 5.65 Å². The van der Waals surface area contributed by atoms with Gasteiger partial charge in [-0.1, -0.05) is 6.07 Å². The molecule has 0 aliphatic rings. The molecule has 1 N–H and O–H groups in total. The molecule has 2 aromatic rings. The third kappa shape index (κ3) is 3.47. The second kappa shape index (κ2) is 5.21. The van der Waals surface area contributed by atoms with Gasteiger partial charge in [-0.2, -0.15) is 13.2 Å². The monoisotopic (exact) mass is 271 g/mol. The van der Waals surface area contributed by atoms with Crippen LogP contribution in [0.25, 0.3) is 5.65 Å². The molecule has 0 aliphatic heterocycles. The fraction of sp³-hybridized carbons (Fsp3) is 0.462. The first-order chi connectivity index (χ1) is 8.87. The third-order valence-corrected chi connectivity index (χ3v) is 2.98. The van der Waals surface area contributed by atoms with Crippen molar-refractivity contribution in [1.29, 1.82) is 0 Å². The first kappa shape index (κ1) is 13.9. The standard InChI is InChI=1S/C13H16F3N3/c1-9(7-13(14,15)16)17-8-11-10(2)18-12-5-3-4-6-19(11)12/h3-6,9,17H,7-8H2,1-2H3. The maximum absolute atomic E-state index is 12.2. The summed E-state index contributed by atoms with van der Waals surface area (Å²) in [5.74, 6) is 0. The van der Waals surface area contributed by atoms with Gasteiger partial charge in [-0.05, 0) is 26.0 Å². The average Bonchev–Trinajstić information content (AvgIpc) is 2.60. The van der Waals surface area contributed by atoms with E-state index in [0.717, 1.165) is 17.0 Å². The molecule has 6 heteroatoms. The van der Waals surface area contributed by atoms with Crippen LogP contribution in [0.2, 0.25) is 0 Å². The number of nitrogens with one attached hydrogen (secondary N) is 1. The number of hydrogen-bond acceptors (Lipinski definition) is 2. The van der Waals surface area contributed by atoms with E-state index in [9.17, 15) is 13.2 Å². The molecular weight excluding hydrogens is 255 g/mol. The van der Waals surface area contributed by atoms with Crippen LogP contribution in [0.1, 0.15) is 24.7 Å². The fourth-order valence-corrected chi connectivity index (χ4v) is 2.07. The van der Waals surface area contributed by atoms with E-state index in [1.54, 1.807) is 0 Å². The van der Waals surface area contributed by atoms with Crippen molar-refractivity contribution < 1.29 is 13.2 Å². The number of pyridine rings is 1. The summed E-state index contributed by atoms with van der Waals surface area (Å²) in [4.78, 5) is 4.37. The molecule has 2 rings (SSSR count). The zero-order valence-electron chi connectivity index (χ0n) is 10.8. The number of nitrogens with zero attached hydrogens (tertiary/aromatic N) is 2. The molecule has 19 heavy (non-hydrogen) atoms. The van der Waals surface area contributed by atoms with Gasteiger partial charge in [-0.25, -0.2) is 4.98 Å². The Morgan fingerprint density at radius 2 is 2.11 bits per heavy atom. The first-order valence-electron chi connectivity index (χ1n) is 6.09. The zero-order valence-corrected chi connectivity index (χ0v) is 10.8. The topological polar surface area (TPSA) is 29.3 Å². The number of aromatic nitrogens is 2. The molecule has 0 bridgehead atoms. The lowest BCUT2D eigenvalue weighted by Crippen LogP contribution is -2.31. The number of rotatable bonds is 4. The molecule has 1 unspecified atom stereocenters. The molecule has 1 atom stereocenters. The van der Waals surface area contributed by atoms with Crippen LogP contribution in [0.5, 0.6) is 0 Å². The summed E-state index contributed by atoms with van der Waals surface area (Å²) in [6, 6.07) is 5.01. The van der Waals surface area contributed by atoms with Gasteiger partial charge in [-0.3, -0.25) is 0 Å². The number of halogens is 3. The van der Waals surface area contributed by atoms with E-state index in [4.69, 9.17) is 0 Å². The van der Waals surface area contributed by atoms with Crippen molar-refractivity contribution in [3.63, 3.8) is 0 Å². The predicted molar refractivity (Wildman–Crippen MR) is 66.9 cm³/mol. The zero-order chi connectivity index (χ0) is 14.0. The van der Waals surface area contributed by atoms with Gasteiger partial charge in [-0.15, -0.1) is 0 Å². The molecule has 0 aliphatic carbocycles. The van der Waals surface area contributed by atoms with Crippen LogP contribution < -0.4 is 5.32 Å². The second-order valence-corrected chi connectivity index (χ2v) is 4.67. The summed E-state index contributed by atoms with van der Waals surface area (Å²) < 4.78 is 38.6. The lowest BCUT2D eigenvalue weighted by Gasteiger charge is -2.15. The number of aryl methyl sites for hydroxylation is 1. The number of hydrogen-bond donors (Lipinski definition) is 1.